The van der Waals surface area contributed by atoms with Crippen LogP contribution < -0.4 is 10.6 Å². The average molecular weight is 338 g/mol. The van der Waals surface area contributed by atoms with E-state index in [1.807, 2.05) is 19.1 Å². The van der Waals surface area contributed by atoms with Crippen LogP contribution in [0.3, 0.4) is 0 Å². The van der Waals surface area contributed by atoms with E-state index in [1.165, 1.54) is 30.4 Å². The molecule has 0 unspecified atom stereocenters. The Hall–Kier alpha value is -2.43. The van der Waals surface area contributed by atoms with Crippen molar-refractivity contribution in [3.8, 4) is 0 Å². The van der Waals surface area contributed by atoms with E-state index < -0.39 is 0 Å². The maximum atomic E-state index is 12.5. The van der Waals surface area contributed by atoms with Crippen LogP contribution in [0.25, 0.3) is 0 Å². The summed E-state index contributed by atoms with van der Waals surface area (Å²) < 4.78 is 0. The fraction of sp³-hybridized carbons (Fsp3) is 0.450. The number of rotatable bonds is 4. The topological polar surface area (TPSA) is 66.9 Å². The summed E-state index contributed by atoms with van der Waals surface area (Å²) in [6.45, 7) is 5.99. The second-order valence-corrected chi connectivity index (χ2v) is 7.03. The molecule has 1 aromatic heterocycles. The molecule has 0 radical (unpaired) electrons. The van der Waals surface area contributed by atoms with E-state index in [2.05, 4.69) is 40.5 Å². The lowest BCUT2D eigenvalue weighted by molar-refractivity contribution is 0.0922. The third kappa shape index (κ3) is 4.78. The molecular weight excluding hydrogens is 312 g/mol. The smallest absolute Gasteiger partial charge is 0.270 e. The number of amides is 1. The van der Waals surface area contributed by atoms with Gasteiger partial charge in [-0.3, -0.25) is 4.79 Å². The van der Waals surface area contributed by atoms with Crippen molar-refractivity contribution in [2.75, 3.05) is 5.32 Å². The van der Waals surface area contributed by atoms with Gasteiger partial charge in [0.05, 0.1) is 0 Å². The Bertz CT molecular complexity index is 746. The van der Waals surface area contributed by atoms with Gasteiger partial charge < -0.3 is 10.6 Å². The number of aromatic nitrogens is 2. The van der Waals surface area contributed by atoms with Crippen molar-refractivity contribution >= 4 is 17.5 Å². The third-order valence-electron chi connectivity index (χ3n) is 4.51. The highest BCUT2D eigenvalue weighted by atomic mass is 16.1. The van der Waals surface area contributed by atoms with Gasteiger partial charge in [0, 0.05) is 17.4 Å². The first-order chi connectivity index (χ1) is 12.0. The summed E-state index contributed by atoms with van der Waals surface area (Å²) in [6.07, 6.45) is 5.76. The zero-order valence-electron chi connectivity index (χ0n) is 15.2. The average Bonchev–Trinajstić information content (AvgIpc) is 2.54. The van der Waals surface area contributed by atoms with Crippen LogP contribution in [-0.2, 0) is 0 Å². The maximum absolute atomic E-state index is 12.5. The Labute approximate surface area is 149 Å². The zero-order chi connectivity index (χ0) is 17.8. The number of nitrogens with zero attached hydrogens (tertiary/aromatic N) is 2. The molecule has 0 spiro atoms. The van der Waals surface area contributed by atoms with Crippen LogP contribution in [0.4, 0.5) is 11.6 Å². The summed E-state index contributed by atoms with van der Waals surface area (Å²) in [7, 11) is 0. The van der Waals surface area contributed by atoms with Gasteiger partial charge in [-0.1, -0.05) is 25.3 Å². The van der Waals surface area contributed by atoms with Crippen molar-refractivity contribution in [1.29, 1.82) is 0 Å². The van der Waals surface area contributed by atoms with E-state index in [0.29, 0.717) is 11.6 Å². The molecule has 2 N–H and O–H groups in total. The summed E-state index contributed by atoms with van der Waals surface area (Å²) in [5, 5.41) is 6.34. The van der Waals surface area contributed by atoms with Crippen molar-refractivity contribution in [1.82, 2.24) is 15.3 Å². The quantitative estimate of drug-likeness (QED) is 0.876. The second-order valence-electron chi connectivity index (χ2n) is 7.03. The lowest BCUT2D eigenvalue weighted by atomic mass is 9.95. The highest BCUT2D eigenvalue weighted by Gasteiger charge is 2.18. The van der Waals surface area contributed by atoms with E-state index in [9.17, 15) is 4.79 Å². The number of anilines is 2. The fourth-order valence-electron chi connectivity index (χ4n) is 3.42. The molecule has 5 nitrogen and oxygen atoms in total. The fourth-order valence-corrected chi connectivity index (χ4v) is 3.42. The molecule has 132 valence electrons. The molecule has 1 aliphatic carbocycles. The van der Waals surface area contributed by atoms with E-state index >= 15 is 0 Å². The Kier molecular flexibility index (Phi) is 5.31. The van der Waals surface area contributed by atoms with E-state index in [-0.39, 0.29) is 11.9 Å². The molecular formula is C20H26N4O. The van der Waals surface area contributed by atoms with Crippen LogP contribution in [0.1, 0.15) is 59.4 Å². The van der Waals surface area contributed by atoms with Crippen LogP contribution in [0.15, 0.2) is 24.3 Å². The van der Waals surface area contributed by atoms with Crippen molar-refractivity contribution in [2.45, 2.75) is 58.9 Å². The number of carbonyl (C=O) groups excluding carboxylic acids is 1. The molecule has 0 atom stereocenters. The largest absolute Gasteiger partial charge is 0.348 e. The molecule has 1 fully saturated rings. The normalized spacial score (nSPS) is 15.0. The molecule has 2 aromatic rings. The Morgan fingerprint density at radius 3 is 2.32 bits per heavy atom. The Balaban J connectivity index is 1.76. The first-order valence-corrected chi connectivity index (χ1v) is 9.01. The van der Waals surface area contributed by atoms with Crippen LogP contribution in [0.2, 0.25) is 0 Å². The van der Waals surface area contributed by atoms with Gasteiger partial charge in [-0.05, 0) is 62.9 Å². The van der Waals surface area contributed by atoms with E-state index in [0.717, 1.165) is 24.2 Å². The number of benzene rings is 1. The maximum Gasteiger partial charge on any atom is 0.270 e. The molecule has 0 bridgehead atoms. The SMILES string of the molecule is Cc1cc(C)cc(Nc2nc(C)cc(C(=O)NC3CCCCC3)n2)c1. The van der Waals surface area contributed by atoms with E-state index in [4.69, 9.17) is 0 Å². The molecule has 1 saturated carbocycles. The molecule has 0 aliphatic heterocycles. The van der Waals surface area contributed by atoms with Gasteiger partial charge in [0.1, 0.15) is 5.69 Å². The first-order valence-electron chi connectivity index (χ1n) is 9.01. The van der Waals surface area contributed by atoms with Crippen molar-refractivity contribution in [3.05, 3.63) is 46.8 Å². The number of hydrogen-bond donors (Lipinski definition) is 2. The summed E-state index contributed by atoms with van der Waals surface area (Å²) in [5.41, 5.74) is 4.47. The van der Waals surface area contributed by atoms with E-state index in [1.54, 1.807) is 6.07 Å². The lowest BCUT2D eigenvalue weighted by Crippen LogP contribution is -2.36. The van der Waals surface area contributed by atoms with Gasteiger partial charge in [-0.15, -0.1) is 0 Å². The van der Waals surface area contributed by atoms with Crippen LogP contribution in [-0.4, -0.2) is 21.9 Å². The predicted molar refractivity (Wildman–Crippen MR) is 100 cm³/mol. The Morgan fingerprint density at radius 1 is 0.960 bits per heavy atom. The standard InChI is InChI=1S/C20H26N4O/c1-13-9-14(2)11-17(10-13)23-20-21-15(3)12-18(24-20)19(25)22-16-7-5-4-6-8-16/h9-12,16H,4-8H2,1-3H3,(H,22,25)(H,21,23,24). The van der Waals surface area contributed by atoms with Gasteiger partial charge in [0.2, 0.25) is 5.95 Å². The molecule has 3 rings (SSSR count). The minimum absolute atomic E-state index is 0.110. The van der Waals surface area contributed by atoms with Crippen LogP contribution >= 0.6 is 0 Å². The number of nitrogens with one attached hydrogen (secondary N) is 2. The van der Waals surface area contributed by atoms with Crippen LogP contribution in [0.5, 0.6) is 0 Å². The number of aryl methyl sites for hydroxylation is 3. The minimum atomic E-state index is -0.110. The minimum Gasteiger partial charge on any atom is -0.348 e. The predicted octanol–water partition coefficient (Wildman–Crippen LogP) is 4.21. The van der Waals surface area contributed by atoms with Gasteiger partial charge in [-0.2, -0.15) is 0 Å². The molecule has 25 heavy (non-hydrogen) atoms. The van der Waals surface area contributed by atoms with Crippen molar-refractivity contribution in [2.24, 2.45) is 0 Å². The highest BCUT2D eigenvalue weighted by Crippen LogP contribution is 2.19. The van der Waals surface area contributed by atoms with Gasteiger partial charge in [-0.25, -0.2) is 9.97 Å². The molecule has 1 aliphatic rings. The second kappa shape index (κ2) is 7.64. The summed E-state index contributed by atoms with van der Waals surface area (Å²) in [4.78, 5) is 21.4. The monoisotopic (exact) mass is 338 g/mol. The summed E-state index contributed by atoms with van der Waals surface area (Å²) >= 11 is 0. The van der Waals surface area contributed by atoms with Gasteiger partial charge >= 0.3 is 0 Å². The lowest BCUT2D eigenvalue weighted by Gasteiger charge is -2.22. The van der Waals surface area contributed by atoms with Crippen LogP contribution in [0, 0.1) is 20.8 Å². The van der Waals surface area contributed by atoms with Gasteiger partial charge in [0.15, 0.2) is 0 Å². The molecule has 0 saturated heterocycles. The number of hydrogen-bond acceptors (Lipinski definition) is 4. The van der Waals surface area contributed by atoms with Crippen molar-refractivity contribution < 1.29 is 4.79 Å². The van der Waals surface area contributed by atoms with Crippen molar-refractivity contribution in [3.63, 3.8) is 0 Å². The number of carbonyl (C=O) groups is 1. The summed E-state index contributed by atoms with van der Waals surface area (Å²) in [6, 6.07) is 8.21. The molecule has 1 amide bonds. The zero-order valence-corrected chi connectivity index (χ0v) is 15.2. The third-order valence-corrected chi connectivity index (χ3v) is 4.51. The Morgan fingerprint density at radius 2 is 1.64 bits per heavy atom. The molecule has 5 heteroatoms. The van der Waals surface area contributed by atoms with Gasteiger partial charge in [0.25, 0.3) is 5.91 Å². The summed E-state index contributed by atoms with van der Waals surface area (Å²) in [5.74, 6) is 0.347. The highest BCUT2D eigenvalue weighted by molar-refractivity contribution is 5.92. The molecule has 1 aromatic carbocycles. The first kappa shape index (κ1) is 17.4. The molecule has 1 heterocycles.